The zero-order chi connectivity index (χ0) is 9.95. The molecule has 0 spiro atoms. The minimum absolute atomic E-state index is 0.0823. The van der Waals surface area contributed by atoms with E-state index in [0.717, 1.165) is 5.75 Å². The number of isocyanates is 1. The molecule has 70 valence electrons. The fourth-order valence-corrected chi connectivity index (χ4v) is 2.97. The number of hydrogen-bond donors (Lipinski definition) is 0. The van der Waals surface area contributed by atoms with Crippen molar-refractivity contribution in [2.24, 2.45) is 10.4 Å². The van der Waals surface area contributed by atoms with Crippen LogP contribution in [0.15, 0.2) is 4.99 Å². The molecule has 0 aliphatic carbocycles. The van der Waals surface area contributed by atoms with Crippen LogP contribution in [0.4, 0.5) is 0 Å². The first-order valence-electron chi connectivity index (χ1n) is 4.12. The summed E-state index contributed by atoms with van der Waals surface area (Å²) in [6, 6.07) is 2.12. The third-order valence-corrected chi connectivity index (χ3v) is 3.74. The predicted molar refractivity (Wildman–Crippen MR) is 52.2 cm³/mol. The Balaban J connectivity index is 2.90. The molecule has 1 aliphatic rings. The summed E-state index contributed by atoms with van der Waals surface area (Å²) in [5, 5.41) is 8.97. The molecular weight excluding hydrogens is 184 g/mol. The first kappa shape index (κ1) is 10.3. The molecule has 1 fully saturated rings. The van der Waals surface area contributed by atoms with Gasteiger partial charge in [0.2, 0.25) is 6.08 Å². The van der Waals surface area contributed by atoms with Crippen LogP contribution in [0.3, 0.4) is 0 Å². The van der Waals surface area contributed by atoms with E-state index in [0.29, 0.717) is 12.2 Å². The third kappa shape index (κ3) is 2.33. The van der Waals surface area contributed by atoms with Gasteiger partial charge in [-0.2, -0.15) is 22.0 Å². The van der Waals surface area contributed by atoms with Crippen LogP contribution >= 0.6 is 11.8 Å². The van der Waals surface area contributed by atoms with Gasteiger partial charge < -0.3 is 0 Å². The van der Waals surface area contributed by atoms with Crippen LogP contribution in [0, 0.1) is 16.7 Å². The second-order valence-corrected chi connectivity index (χ2v) is 5.17. The number of nitriles is 1. The van der Waals surface area contributed by atoms with Crippen LogP contribution in [-0.4, -0.2) is 23.1 Å². The molecule has 13 heavy (non-hydrogen) atoms. The fourth-order valence-electron chi connectivity index (χ4n) is 1.65. The molecule has 4 heteroatoms. The third-order valence-electron chi connectivity index (χ3n) is 2.07. The van der Waals surface area contributed by atoms with Crippen molar-refractivity contribution in [3.05, 3.63) is 0 Å². The summed E-state index contributed by atoms with van der Waals surface area (Å²) in [6.45, 7) is 4.18. The van der Waals surface area contributed by atoms with Gasteiger partial charge in [-0.1, -0.05) is 13.8 Å². The molecule has 0 N–H and O–H groups in total. The molecule has 0 aromatic carbocycles. The molecule has 0 saturated carbocycles. The Morgan fingerprint density at radius 1 is 1.46 bits per heavy atom. The maximum Gasteiger partial charge on any atom is 0.236 e. The number of rotatable bonds is 1. The smallest absolute Gasteiger partial charge is 0.211 e. The van der Waals surface area contributed by atoms with Crippen molar-refractivity contribution in [2.45, 2.75) is 25.8 Å². The monoisotopic (exact) mass is 196 g/mol. The van der Waals surface area contributed by atoms with Crippen molar-refractivity contribution in [2.75, 3.05) is 11.5 Å². The standard InChI is InChI=1S/C9H12N2OS/c1-8(2)3-9(4-10,11-7-12)6-13-5-8/h3,5-6H2,1-2H3. The van der Waals surface area contributed by atoms with Gasteiger partial charge >= 0.3 is 0 Å². The summed E-state index contributed by atoms with van der Waals surface area (Å²) in [6.07, 6.45) is 2.16. The number of aliphatic imine (C=N–C) groups is 1. The molecular formula is C9H12N2OS. The van der Waals surface area contributed by atoms with Crippen LogP contribution in [0.2, 0.25) is 0 Å². The molecule has 0 radical (unpaired) electrons. The topological polar surface area (TPSA) is 53.2 Å². The van der Waals surface area contributed by atoms with Gasteiger partial charge in [0.15, 0.2) is 5.54 Å². The molecule has 1 atom stereocenters. The highest BCUT2D eigenvalue weighted by molar-refractivity contribution is 7.99. The summed E-state index contributed by atoms with van der Waals surface area (Å²) >= 11 is 1.68. The van der Waals surface area contributed by atoms with Crippen LogP contribution in [-0.2, 0) is 4.79 Å². The molecule has 1 heterocycles. The lowest BCUT2D eigenvalue weighted by atomic mass is 9.81. The number of nitrogens with zero attached hydrogens (tertiary/aromatic N) is 2. The Labute approximate surface area is 82.2 Å². The van der Waals surface area contributed by atoms with Crippen molar-refractivity contribution in [1.29, 1.82) is 5.26 Å². The molecule has 0 bridgehead atoms. The van der Waals surface area contributed by atoms with Crippen LogP contribution < -0.4 is 0 Å². The number of hydrogen-bond acceptors (Lipinski definition) is 4. The lowest BCUT2D eigenvalue weighted by molar-refractivity contribution is 0.311. The van der Waals surface area contributed by atoms with Gasteiger partial charge in [-0.3, -0.25) is 0 Å². The maximum absolute atomic E-state index is 10.2. The second kappa shape index (κ2) is 3.53. The molecule has 1 rings (SSSR count). The highest BCUT2D eigenvalue weighted by Gasteiger charge is 2.40. The molecule has 1 saturated heterocycles. The largest absolute Gasteiger partial charge is 0.236 e. The van der Waals surface area contributed by atoms with Gasteiger partial charge in [0.1, 0.15) is 0 Å². The van der Waals surface area contributed by atoms with Crippen molar-refractivity contribution in [3.63, 3.8) is 0 Å². The van der Waals surface area contributed by atoms with Gasteiger partial charge in [-0.25, -0.2) is 4.79 Å². The van der Waals surface area contributed by atoms with Gasteiger partial charge in [0.25, 0.3) is 0 Å². The quantitative estimate of drug-likeness (QED) is 0.474. The summed E-state index contributed by atoms with van der Waals surface area (Å²) in [7, 11) is 0. The van der Waals surface area contributed by atoms with Crippen LogP contribution in [0.5, 0.6) is 0 Å². The Morgan fingerprint density at radius 2 is 2.15 bits per heavy atom. The van der Waals surface area contributed by atoms with Crippen molar-refractivity contribution < 1.29 is 4.79 Å². The van der Waals surface area contributed by atoms with Crippen molar-refractivity contribution in [3.8, 4) is 6.07 Å². The van der Waals surface area contributed by atoms with Gasteiger partial charge in [-0.15, -0.1) is 0 Å². The lowest BCUT2D eigenvalue weighted by Gasteiger charge is -2.36. The predicted octanol–water partition coefficient (Wildman–Crippen LogP) is 1.75. The first-order valence-corrected chi connectivity index (χ1v) is 5.27. The molecule has 0 amide bonds. The summed E-state index contributed by atoms with van der Waals surface area (Å²) < 4.78 is 0. The van der Waals surface area contributed by atoms with Crippen molar-refractivity contribution in [1.82, 2.24) is 0 Å². The zero-order valence-corrected chi connectivity index (χ0v) is 8.65. The van der Waals surface area contributed by atoms with Crippen LogP contribution in [0.1, 0.15) is 20.3 Å². The Morgan fingerprint density at radius 3 is 2.62 bits per heavy atom. The molecule has 1 aliphatic heterocycles. The number of carbonyl (C=O) groups excluding carboxylic acids is 1. The zero-order valence-electron chi connectivity index (χ0n) is 7.83. The minimum Gasteiger partial charge on any atom is -0.211 e. The van der Waals surface area contributed by atoms with E-state index in [9.17, 15) is 4.79 Å². The Kier molecular flexibility index (Phi) is 2.80. The summed E-state index contributed by atoms with van der Waals surface area (Å²) in [5.74, 6) is 1.63. The average Bonchev–Trinajstić information content (AvgIpc) is 2.03. The highest BCUT2D eigenvalue weighted by atomic mass is 32.2. The van der Waals surface area contributed by atoms with E-state index in [1.54, 1.807) is 11.8 Å². The van der Waals surface area contributed by atoms with Crippen molar-refractivity contribution >= 4 is 17.8 Å². The van der Waals surface area contributed by atoms with E-state index in [4.69, 9.17) is 5.26 Å². The van der Waals surface area contributed by atoms with E-state index in [1.807, 2.05) is 0 Å². The summed E-state index contributed by atoms with van der Waals surface area (Å²) in [5.41, 5.74) is -0.743. The Hall–Kier alpha value is -0.780. The second-order valence-electron chi connectivity index (χ2n) is 4.18. The van der Waals surface area contributed by atoms with E-state index in [-0.39, 0.29) is 5.41 Å². The SMILES string of the molecule is CC1(C)CSCC(C#N)(N=C=O)C1. The molecule has 3 nitrogen and oxygen atoms in total. The van der Waals surface area contributed by atoms with E-state index >= 15 is 0 Å². The van der Waals surface area contributed by atoms with E-state index < -0.39 is 5.54 Å². The molecule has 1 unspecified atom stereocenters. The fraction of sp³-hybridized carbons (Fsp3) is 0.778. The lowest BCUT2D eigenvalue weighted by Crippen LogP contribution is -2.39. The maximum atomic E-state index is 10.2. The molecule has 0 aromatic heterocycles. The van der Waals surface area contributed by atoms with Gasteiger partial charge in [-0.05, 0) is 17.6 Å². The normalized spacial score (nSPS) is 31.5. The van der Waals surface area contributed by atoms with Gasteiger partial charge in [0.05, 0.1) is 6.07 Å². The first-order chi connectivity index (χ1) is 6.04. The Bertz CT molecular complexity index is 288. The highest BCUT2D eigenvalue weighted by Crippen LogP contribution is 2.40. The van der Waals surface area contributed by atoms with E-state index in [2.05, 4.69) is 24.9 Å². The number of thioether (sulfide) groups is 1. The van der Waals surface area contributed by atoms with E-state index in [1.165, 1.54) is 6.08 Å². The average molecular weight is 196 g/mol. The van der Waals surface area contributed by atoms with Crippen LogP contribution in [0.25, 0.3) is 0 Å². The van der Waals surface area contributed by atoms with Gasteiger partial charge in [0, 0.05) is 5.75 Å². The minimum atomic E-state index is -0.825. The summed E-state index contributed by atoms with van der Waals surface area (Å²) in [4.78, 5) is 13.8. The molecule has 0 aromatic rings.